The minimum atomic E-state index is -4.68. The molecule has 0 amide bonds. The molecule has 2 aromatic carbocycles. The molecule has 1 heterocycles. The largest absolute Gasteiger partial charge is 0.524 e. The predicted molar refractivity (Wildman–Crippen MR) is 121 cm³/mol. The van der Waals surface area contributed by atoms with Crippen LogP contribution in [0.1, 0.15) is 37.3 Å². The molecule has 3 rings (SSSR count). The topological polar surface area (TPSA) is 94.5 Å². The molecule has 1 aliphatic heterocycles. The lowest BCUT2D eigenvalue weighted by atomic mass is 10.0. The monoisotopic (exact) mass is 456 g/mol. The highest BCUT2D eigenvalue weighted by Crippen LogP contribution is 2.40. The van der Waals surface area contributed by atoms with Crippen LogP contribution in [0.2, 0.25) is 0 Å². The molecule has 0 saturated heterocycles. The van der Waals surface area contributed by atoms with Crippen LogP contribution in [0.3, 0.4) is 0 Å². The van der Waals surface area contributed by atoms with E-state index in [9.17, 15) is 4.57 Å². The molecule has 0 fully saturated rings. The van der Waals surface area contributed by atoms with Gasteiger partial charge in [0.15, 0.2) is 0 Å². The molecule has 2 aromatic rings. The zero-order valence-electron chi connectivity index (χ0n) is 17.7. The third-order valence-electron chi connectivity index (χ3n) is 4.63. The Morgan fingerprint density at radius 3 is 2.66 bits per heavy atom. The van der Waals surface area contributed by atoms with Crippen LogP contribution in [0.5, 0.6) is 23.0 Å². The van der Waals surface area contributed by atoms with Crippen molar-refractivity contribution in [3.63, 3.8) is 0 Å². The molecule has 0 saturated carbocycles. The Morgan fingerprint density at radius 2 is 1.91 bits per heavy atom. The number of ether oxygens (including phenoxy) is 3. The van der Waals surface area contributed by atoms with Gasteiger partial charge in [0, 0.05) is 29.7 Å². The second-order valence-corrected chi connectivity index (χ2v) is 8.37. The molecular formula is C24H25O7P. The van der Waals surface area contributed by atoms with Crippen molar-refractivity contribution in [1.29, 1.82) is 0 Å². The fourth-order valence-corrected chi connectivity index (χ4v) is 3.54. The Balaban J connectivity index is 1.73. The molecule has 8 heteroatoms. The molecular weight excluding hydrogens is 431 g/mol. The number of unbranched alkanes of at least 4 members (excludes halogenated alkanes) is 2. The first-order valence-corrected chi connectivity index (χ1v) is 11.5. The molecule has 0 aliphatic carbocycles. The van der Waals surface area contributed by atoms with Crippen molar-refractivity contribution in [2.75, 3.05) is 6.61 Å². The van der Waals surface area contributed by atoms with Crippen LogP contribution in [0.4, 0.5) is 0 Å². The summed E-state index contributed by atoms with van der Waals surface area (Å²) in [7, 11) is -4.68. The van der Waals surface area contributed by atoms with Crippen LogP contribution in [0.15, 0.2) is 54.8 Å². The zero-order valence-corrected chi connectivity index (χ0v) is 18.6. The maximum Gasteiger partial charge on any atom is 0.524 e. The van der Waals surface area contributed by atoms with Crippen molar-refractivity contribution in [3.8, 4) is 35.3 Å². The number of rotatable bonds is 10. The molecule has 2 N–H and O–H groups in total. The summed E-state index contributed by atoms with van der Waals surface area (Å²) >= 11 is 0. The first-order valence-electron chi connectivity index (χ1n) is 10.0. The lowest BCUT2D eigenvalue weighted by molar-refractivity contribution is 0.270. The molecule has 7 nitrogen and oxygen atoms in total. The Labute approximate surface area is 187 Å². The van der Waals surface area contributed by atoms with Gasteiger partial charge in [-0.1, -0.05) is 6.58 Å². The van der Waals surface area contributed by atoms with E-state index >= 15 is 0 Å². The third-order valence-corrected chi connectivity index (χ3v) is 5.08. The van der Waals surface area contributed by atoms with E-state index in [2.05, 4.69) is 17.0 Å². The summed E-state index contributed by atoms with van der Waals surface area (Å²) in [4.78, 5) is 18.1. The van der Waals surface area contributed by atoms with E-state index in [4.69, 9.17) is 30.4 Å². The second kappa shape index (κ2) is 10.4. The Bertz CT molecular complexity index is 1110. The molecule has 0 bridgehead atoms. The van der Waals surface area contributed by atoms with E-state index < -0.39 is 7.82 Å². The van der Waals surface area contributed by atoms with Gasteiger partial charge < -0.3 is 18.7 Å². The van der Waals surface area contributed by atoms with Gasteiger partial charge in [-0.05, 0) is 55.7 Å². The maximum atomic E-state index is 11.2. The predicted octanol–water partition coefficient (Wildman–Crippen LogP) is 5.23. The van der Waals surface area contributed by atoms with Gasteiger partial charge in [-0.3, -0.25) is 9.79 Å². The Hall–Kier alpha value is -3.17. The summed E-state index contributed by atoms with van der Waals surface area (Å²) in [6, 6.07) is 10.1. The van der Waals surface area contributed by atoms with Crippen LogP contribution in [-0.2, 0) is 11.2 Å². The Kier molecular flexibility index (Phi) is 7.66. The average molecular weight is 456 g/mol. The van der Waals surface area contributed by atoms with E-state index in [0.717, 1.165) is 24.0 Å². The highest BCUT2D eigenvalue weighted by molar-refractivity contribution is 7.46. The number of allylic oxidation sites excluding steroid dienone is 2. The zero-order chi connectivity index (χ0) is 23.1. The van der Waals surface area contributed by atoms with Crippen molar-refractivity contribution in [3.05, 3.63) is 65.9 Å². The summed E-state index contributed by atoms with van der Waals surface area (Å²) in [6.07, 6.45) is 9.35. The van der Waals surface area contributed by atoms with Crippen molar-refractivity contribution in [2.45, 2.75) is 32.8 Å². The Morgan fingerprint density at radius 1 is 1.12 bits per heavy atom. The lowest BCUT2D eigenvalue weighted by Crippen LogP contribution is -2.05. The number of phosphoric ester groups is 1. The number of hydrogen-bond donors (Lipinski definition) is 2. The average Bonchev–Trinajstić information content (AvgIpc) is 2.71. The maximum absolute atomic E-state index is 11.2. The van der Waals surface area contributed by atoms with E-state index in [1.165, 1.54) is 12.1 Å². The normalized spacial score (nSPS) is 12.8. The number of fused-ring (bicyclic) bond motifs is 1. The molecule has 0 radical (unpaired) electrons. The lowest BCUT2D eigenvalue weighted by Gasteiger charge is -2.19. The first kappa shape index (κ1) is 23.5. The summed E-state index contributed by atoms with van der Waals surface area (Å²) in [5.74, 6) is 4.83. The third kappa shape index (κ3) is 6.66. The number of phosphoric acid groups is 1. The van der Waals surface area contributed by atoms with Gasteiger partial charge in [0.25, 0.3) is 0 Å². The van der Waals surface area contributed by atoms with Gasteiger partial charge in [-0.15, -0.1) is 12.3 Å². The highest BCUT2D eigenvalue weighted by atomic mass is 31.2. The smallest absolute Gasteiger partial charge is 0.493 e. The van der Waals surface area contributed by atoms with Crippen LogP contribution in [0, 0.1) is 12.3 Å². The fourth-order valence-electron chi connectivity index (χ4n) is 3.15. The summed E-state index contributed by atoms with van der Waals surface area (Å²) in [5.41, 5.74) is 2.72. The van der Waals surface area contributed by atoms with E-state index in [1.807, 2.05) is 25.1 Å². The van der Waals surface area contributed by atoms with Crippen LogP contribution >= 0.6 is 7.82 Å². The van der Waals surface area contributed by atoms with Crippen LogP contribution in [0.25, 0.3) is 5.57 Å². The quantitative estimate of drug-likeness (QED) is 0.287. The number of hydrogen-bond acceptors (Lipinski definition) is 5. The molecule has 0 unspecified atom stereocenters. The molecule has 0 atom stereocenters. The highest BCUT2D eigenvalue weighted by Gasteiger charge is 2.18. The van der Waals surface area contributed by atoms with Gasteiger partial charge in [-0.2, -0.15) is 0 Å². The molecule has 0 spiro atoms. The second-order valence-electron chi connectivity index (χ2n) is 7.20. The molecule has 0 aromatic heterocycles. The molecule has 32 heavy (non-hydrogen) atoms. The van der Waals surface area contributed by atoms with Crippen LogP contribution < -0.4 is 18.7 Å². The number of terminal acetylenes is 1. The fraction of sp³-hybridized carbons (Fsp3) is 0.250. The van der Waals surface area contributed by atoms with E-state index in [-0.39, 0.29) is 12.4 Å². The van der Waals surface area contributed by atoms with Gasteiger partial charge in [0.2, 0.25) is 0 Å². The van der Waals surface area contributed by atoms with Crippen molar-refractivity contribution < 1.29 is 33.1 Å². The standard InChI is InChI=1S/C24H25O7P/c1-4-5-6-7-12-28-23-15-21(31-32(25,26)27)9-8-19(23)16-29-20-10-11-22-17(2)13-18(3)30-24(22)14-20/h1,8-11,13-15H,3,5-7,12,16H2,2H3,(H2,25,26,27). The van der Waals surface area contributed by atoms with Gasteiger partial charge in [0.05, 0.1) is 6.61 Å². The molecule has 168 valence electrons. The van der Waals surface area contributed by atoms with E-state index in [0.29, 0.717) is 41.6 Å². The van der Waals surface area contributed by atoms with Gasteiger partial charge in [0.1, 0.15) is 35.4 Å². The van der Waals surface area contributed by atoms with Crippen molar-refractivity contribution in [2.24, 2.45) is 0 Å². The number of benzene rings is 2. The summed E-state index contributed by atoms with van der Waals surface area (Å²) in [6.45, 7) is 6.40. The van der Waals surface area contributed by atoms with Crippen LogP contribution in [-0.4, -0.2) is 16.4 Å². The van der Waals surface area contributed by atoms with Gasteiger partial charge >= 0.3 is 7.82 Å². The van der Waals surface area contributed by atoms with E-state index in [1.54, 1.807) is 12.1 Å². The first-order chi connectivity index (χ1) is 15.2. The van der Waals surface area contributed by atoms with Crippen molar-refractivity contribution in [1.82, 2.24) is 0 Å². The SMILES string of the molecule is C#CCCCCOc1cc(OP(=O)(O)O)ccc1COc1ccc2c(c1)OC(=C)C=C2C. The van der Waals surface area contributed by atoms with Crippen molar-refractivity contribution >= 4 is 13.4 Å². The van der Waals surface area contributed by atoms with Gasteiger partial charge in [-0.25, -0.2) is 4.57 Å². The minimum absolute atomic E-state index is 0.00339. The summed E-state index contributed by atoms with van der Waals surface area (Å²) in [5, 5.41) is 0. The summed E-state index contributed by atoms with van der Waals surface area (Å²) < 4.78 is 33.3. The minimum Gasteiger partial charge on any atom is -0.493 e. The molecule has 1 aliphatic rings.